The van der Waals surface area contributed by atoms with E-state index in [-0.39, 0.29) is 0 Å². The molecule has 1 aromatic carbocycles. The van der Waals surface area contributed by atoms with Crippen LogP contribution >= 0.6 is 22.6 Å². The molecular weight excluding hydrogens is 331 g/mol. The van der Waals surface area contributed by atoms with Crippen LogP contribution in [0.4, 0.5) is 5.69 Å². The van der Waals surface area contributed by atoms with Crippen LogP contribution in [0.3, 0.4) is 0 Å². The van der Waals surface area contributed by atoms with Gasteiger partial charge in [-0.25, -0.2) is 9.97 Å². The third-order valence-electron chi connectivity index (χ3n) is 1.96. The summed E-state index contributed by atoms with van der Waals surface area (Å²) >= 11 is 2.06. The molecule has 0 unspecified atom stereocenters. The summed E-state index contributed by atoms with van der Waals surface area (Å²) in [5, 5.41) is 8.97. The maximum Gasteiger partial charge on any atom is 0.235 e. The van der Waals surface area contributed by atoms with E-state index >= 15 is 0 Å². The van der Waals surface area contributed by atoms with Gasteiger partial charge in [0.25, 0.3) is 0 Å². The van der Waals surface area contributed by atoms with E-state index in [1.54, 1.807) is 24.4 Å². The zero-order valence-corrected chi connectivity index (χ0v) is 10.7. The highest BCUT2D eigenvalue weighted by Crippen LogP contribution is 2.27. The molecule has 0 amide bonds. The zero-order valence-electron chi connectivity index (χ0n) is 8.59. The molecule has 84 valence electrons. The number of aromatic nitrogens is 2. The van der Waals surface area contributed by atoms with Gasteiger partial charge >= 0.3 is 0 Å². The molecule has 0 bridgehead atoms. The summed E-state index contributed by atoms with van der Waals surface area (Å²) in [7, 11) is 0. The van der Waals surface area contributed by atoms with Crippen molar-refractivity contribution < 1.29 is 4.74 Å². The Kier molecular flexibility index (Phi) is 3.39. The van der Waals surface area contributed by atoms with Crippen LogP contribution in [0, 0.1) is 14.9 Å². The quantitative estimate of drug-likeness (QED) is 0.671. The molecule has 17 heavy (non-hydrogen) atoms. The Labute approximate surface area is 111 Å². The molecule has 2 N–H and O–H groups in total. The predicted octanol–water partition coefficient (Wildman–Crippen LogP) is 2.33. The molecule has 0 saturated carbocycles. The van der Waals surface area contributed by atoms with E-state index in [1.807, 2.05) is 6.07 Å². The molecule has 1 aromatic heterocycles. The van der Waals surface area contributed by atoms with Crippen molar-refractivity contribution in [3.63, 3.8) is 0 Å². The summed E-state index contributed by atoms with van der Waals surface area (Å²) in [5.41, 5.74) is 6.49. The molecule has 0 spiro atoms. The molecule has 2 rings (SSSR count). The van der Waals surface area contributed by atoms with Gasteiger partial charge in [-0.2, -0.15) is 5.26 Å². The molecule has 1 heterocycles. The van der Waals surface area contributed by atoms with Gasteiger partial charge in [-0.05, 0) is 40.8 Å². The van der Waals surface area contributed by atoms with Gasteiger partial charge in [0, 0.05) is 11.9 Å². The maximum absolute atomic E-state index is 8.97. The van der Waals surface area contributed by atoms with Gasteiger partial charge in [-0.1, -0.05) is 0 Å². The molecule has 0 fully saturated rings. The van der Waals surface area contributed by atoms with Gasteiger partial charge in [0.15, 0.2) is 0 Å². The Bertz CT molecular complexity index is 594. The lowest BCUT2D eigenvalue weighted by molar-refractivity contribution is 0.456. The van der Waals surface area contributed by atoms with Gasteiger partial charge in [-0.15, -0.1) is 0 Å². The van der Waals surface area contributed by atoms with Crippen molar-refractivity contribution >= 4 is 28.3 Å². The number of nitrogens with two attached hydrogens (primary N) is 1. The van der Waals surface area contributed by atoms with Crippen LogP contribution in [-0.4, -0.2) is 9.97 Å². The third kappa shape index (κ3) is 2.62. The number of hydrogen-bond donors (Lipinski definition) is 1. The second-order valence-electron chi connectivity index (χ2n) is 3.15. The van der Waals surface area contributed by atoms with Crippen LogP contribution in [0.1, 0.15) is 5.56 Å². The van der Waals surface area contributed by atoms with Crippen LogP contribution in [-0.2, 0) is 0 Å². The first-order valence-electron chi connectivity index (χ1n) is 4.63. The molecule has 0 atom stereocenters. The van der Waals surface area contributed by atoms with E-state index in [9.17, 15) is 0 Å². The molecule has 0 aliphatic rings. The summed E-state index contributed by atoms with van der Waals surface area (Å²) in [6, 6.07) is 6.90. The third-order valence-corrected chi connectivity index (χ3v) is 2.70. The van der Waals surface area contributed by atoms with Crippen LogP contribution in [0.15, 0.2) is 30.7 Å². The van der Waals surface area contributed by atoms with Gasteiger partial charge in [0.2, 0.25) is 5.88 Å². The molecule has 0 aliphatic carbocycles. The summed E-state index contributed by atoms with van der Waals surface area (Å²) in [5.74, 6) is 0.847. The summed E-state index contributed by atoms with van der Waals surface area (Å²) in [6.45, 7) is 0. The SMILES string of the molecule is N#Cc1cc(N)ccc1Oc1ncncc1I. The minimum atomic E-state index is 0.374. The van der Waals surface area contributed by atoms with Crippen molar-refractivity contribution in [1.29, 1.82) is 5.26 Å². The number of rotatable bonds is 2. The summed E-state index contributed by atoms with van der Waals surface area (Å²) in [4.78, 5) is 7.85. The second kappa shape index (κ2) is 4.97. The van der Waals surface area contributed by atoms with Crippen LogP contribution < -0.4 is 10.5 Å². The Morgan fingerprint density at radius 1 is 1.41 bits per heavy atom. The topological polar surface area (TPSA) is 84.8 Å². The van der Waals surface area contributed by atoms with E-state index in [0.717, 1.165) is 3.57 Å². The first-order chi connectivity index (χ1) is 8.20. The lowest BCUT2D eigenvalue weighted by Crippen LogP contribution is -1.95. The molecule has 0 saturated heterocycles. The van der Waals surface area contributed by atoms with E-state index in [0.29, 0.717) is 22.9 Å². The average Bonchev–Trinajstić information content (AvgIpc) is 2.34. The Morgan fingerprint density at radius 3 is 2.94 bits per heavy atom. The van der Waals surface area contributed by atoms with Gasteiger partial charge in [-0.3, -0.25) is 0 Å². The zero-order chi connectivity index (χ0) is 12.3. The molecular formula is C11H7IN4O. The Hall–Kier alpha value is -1.88. The molecule has 0 aliphatic heterocycles. The van der Waals surface area contributed by atoms with E-state index in [1.165, 1.54) is 6.33 Å². The highest BCUT2D eigenvalue weighted by atomic mass is 127. The van der Waals surface area contributed by atoms with Crippen LogP contribution in [0.2, 0.25) is 0 Å². The average molecular weight is 338 g/mol. The van der Waals surface area contributed by atoms with E-state index in [2.05, 4.69) is 32.6 Å². The van der Waals surface area contributed by atoms with Crippen molar-refractivity contribution in [1.82, 2.24) is 9.97 Å². The largest absolute Gasteiger partial charge is 0.436 e. The Balaban J connectivity index is 2.37. The first-order valence-corrected chi connectivity index (χ1v) is 5.71. The van der Waals surface area contributed by atoms with Crippen molar-refractivity contribution in [2.75, 3.05) is 5.73 Å². The maximum atomic E-state index is 8.97. The fourth-order valence-electron chi connectivity index (χ4n) is 1.20. The summed E-state index contributed by atoms with van der Waals surface area (Å²) < 4.78 is 6.32. The molecule has 6 heteroatoms. The lowest BCUT2D eigenvalue weighted by Gasteiger charge is -2.07. The number of hydrogen-bond acceptors (Lipinski definition) is 5. The number of halogens is 1. The number of nitrogen functional groups attached to an aromatic ring is 1. The number of nitrogens with zero attached hydrogens (tertiary/aromatic N) is 3. The van der Waals surface area contributed by atoms with Gasteiger partial charge in [0.1, 0.15) is 18.1 Å². The molecule has 2 aromatic rings. The van der Waals surface area contributed by atoms with E-state index in [4.69, 9.17) is 15.7 Å². The predicted molar refractivity (Wildman–Crippen MR) is 70.4 cm³/mol. The first kappa shape index (κ1) is 11.6. The second-order valence-corrected chi connectivity index (χ2v) is 4.31. The summed E-state index contributed by atoms with van der Waals surface area (Å²) in [6.07, 6.45) is 3.02. The standard InChI is InChI=1S/C11H7IN4O/c12-9-5-15-6-16-11(9)17-10-2-1-8(14)3-7(10)4-13/h1-3,5-6H,14H2. The molecule has 0 radical (unpaired) electrons. The highest BCUT2D eigenvalue weighted by molar-refractivity contribution is 14.1. The fraction of sp³-hybridized carbons (Fsp3) is 0. The van der Waals surface area contributed by atoms with Crippen molar-refractivity contribution in [2.24, 2.45) is 0 Å². The van der Waals surface area contributed by atoms with Crippen LogP contribution in [0.25, 0.3) is 0 Å². The minimum Gasteiger partial charge on any atom is -0.436 e. The smallest absolute Gasteiger partial charge is 0.235 e. The highest BCUT2D eigenvalue weighted by Gasteiger charge is 2.08. The number of ether oxygens (including phenoxy) is 1. The monoisotopic (exact) mass is 338 g/mol. The normalized spacial score (nSPS) is 9.65. The Morgan fingerprint density at radius 2 is 2.24 bits per heavy atom. The van der Waals surface area contributed by atoms with Crippen LogP contribution in [0.5, 0.6) is 11.6 Å². The van der Waals surface area contributed by atoms with Crippen molar-refractivity contribution in [3.8, 4) is 17.7 Å². The number of anilines is 1. The number of benzene rings is 1. The fourth-order valence-corrected chi connectivity index (χ4v) is 1.61. The van der Waals surface area contributed by atoms with E-state index < -0.39 is 0 Å². The van der Waals surface area contributed by atoms with Crippen molar-refractivity contribution in [2.45, 2.75) is 0 Å². The lowest BCUT2D eigenvalue weighted by atomic mass is 10.2. The van der Waals surface area contributed by atoms with Gasteiger partial charge in [0.05, 0.1) is 9.13 Å². The number of nitriles is 1. The molecule has 5 nitrogen and oxygen atoms in total. The van der Waals surface area contributed by atoms with Crippen molar-refractivity contribution in [3.05, 3.63) is 39.9 Å². The van der Waals surface area contributed by atoms with Gasteiger partial charge < -0.3 is 10.5 Å². The minimum absolute atomic E-state index is 0.374.